The van der Waals surface area contributed by atoms with Gasteiger partial charge in [0.15, 0.2) is 0 Å². The third kappa shape index (κ3) is 4.95. The second-order valence-corrected chi connectivity index (χ2v) is 3.55. The molecule has 1 aromatic rings. The molecule has 0 aliphatic heterocycles. The fraction of sp³-hybridized carbons (Fsp3) is 0.385. The summed E-state index contributed by atoms with van der Waals surface area (Å²) in [7, 11) is 1.61. The van der Waals surface area contributed by atoms with Gasteiger partial charge in [0.25, 0.3) is 5.91 Å². The lowest BCUT2D eigenvalue weighted by Crippen LogP contribution is -2.27. The summed E-state index contributed by atoms with van der Waals surface area (Å²) in [6.07, 6.45) is 0. The molecule has 0 unspecified atom stereocenters. The fourth-order valence-corrected chi connectivity index (χ4v) is 1.28. The van der Waals surface area contributed by atoms with Crippen molar-refractivity contribution < 1.29 is 14.3 Å². The minimum Gasteiger partial charge on any atom is -0.382 e. The van der Waals surface area contributed by atoms with E-state index in [4.69, 9.17) is 14.7 Å². The molecule has 18 heavy (non-hydrogen) atoms. The molecule has 0 radical (unpaired) electrons. The number of nitrogens with one attached hydrogen (secondary N) is 1. The summed E-state index contributed by atoms with van der Waals surface area (Å²) in [6, 6.07) is 8.48. The van der Waals surface area contributed by atoms with E-state index in [1.54, 1.807) is 31.4 Å². The zero-order valence-corrected chi connectivity index (χ0v) is 10.3. The lowest BCUT2D eigenvalue weighted by Gasteiger charge is -2.06. The van der Waals surface area contributed by atoms with Crippen molar-refractivity contribution in [3.05, 3.63) is 35.4 Å². The maximum Gasteiger partial charge on any atom is 0.251 e. The quantitative estimate of drug-likeness (QED) is 0.729. The largest absolute Gasteiger partial charge is 0.382 e. The molecule has 1 rings (SSSR count). The van der Waals surface area contributed by atoms with Crippen LogP contribution in [-0.2, 0) is 9.47 Å². The van der Waals surface area contributed by atoms with Gasteiger partial charge in [0.2, 0.25) is 0 Å². The van der Waals surface area contributed by atoms with E-state index in [0.717, 1.165) is 0 Å². The molecule has 0 aliphatic rings. The van der Waals surface area contributed by atoms with Crippen molar-refractivity contribution >= 4 is 5.91 Å². The number of methoxy groups -OCH3 is 1. The van der Waals surface area contributed by atoms with Crippen molar-refractivity contribution in [2.75, 3.05) is 33.5 Å². The van der Waals surface area contributed by atoms with Gasteiger partial charge in [-0.1, -0.05) is 0 Å². The Morgan fingerprint density at radius 1 is 1.28 bits per heavy atom. The molecular weight excluding hydrogens is 232 g/mol. The molecule has 5 nitrogen and oxygen atoms in total. The summed E-state index contributed by atoms with van der Waals surface area (Å²) in [6.45, 7) is 1.96. The zero-order valence-electron chi connectivity index (χ0n) is 10.3. The molecule has 0 saturated heterocycles. The van der Waals surface area contributed by atoms with Crippen LogP contribution in [0.25, 0.3) is 0 Å². The summed E-state index contributed by atoms with van der Waals surface area (Å²) in [5.74, 6) is -0.171. The Kier molecular flexibility index (Phi) is 6.47. The van der Waals surface area contributed by atoms with Crippen molar-refractivity contribution in [1.29, 1.82) is 5.26 Å². The van der Waals surface area contributed by atoms with Gasteiger partial charge in [-0.3, -0.25) is 4.79 Å². The predicted molar refractivity (Wildman–Crippen MR) is 66.2 cm³/mol. The van der Waals surface area contributed by atoms with Crippen LogP contribution in [0.3, 0.4) is 0 Å². The Bertz CT molecular complexity index is 409. The third-order valence-corrected chi connectivity index (χ3v) is 2.24. The standard InChI is InChI=1S/C13H16N2O3/c1-17-8-9-18-7-6-15-13(16)12-4-2-11(10-14)3-5-12/h2-5H,6-9H2,1H3,(H,15,16). The lowest BCUT2D eigenvalue weighted by molar-refractivity contribution is 0.0692. The Morgan fingerprint density at radius 3 is 2.61 bits per heavy atom. The number of rotatable bonds is 7. The molecule has 0 bridgehead atoms. The van der Waals surface area contributed by atoms with Gasteiger partial charge >= 0.3 is 0 Å². The number of nitrogens with zero attached hydrogens (tertiary/aromatic N) is 1. The number of carbonyl (C=O) groups is 1. The van der Waals surface area contributed by atoms with E-state index in [1.165, 1.54) is 0 Å². The highest BCUT2D eigenvalue weighted by Crippen LogP contribution is 2.02. The van der Waals surface area contributed by atoms with Crippen LogP contribution in [0.2, 0.25) is 0 Å². The van der Waals surface area contributed by atoms with Crippen molar-refractivity contribution in [2.24, 2.45) is 0 Å². The van der Waals surface area contributed by atoms with Gasteiger partial charge in [-0.15, -0.1) is 0 Å². The van der Waals surface area contributed by atoms with E-state index >= 15 is 0 Å². The molecule has 1 N–H and O–H groups in total. The first-order valence-electron chi connectivity index (χ1n) is 5.63. The maximum absolute atomic E-state index is 11.7. The second-order valence-electron chi connectivity index (χ2n) is 3.55. The molecule has 1 aromatic carbocycles. The molecule has 96 valence electrons. The van der Waals surface area contributed by atoms with Crippen molar-refractivity contribution in [2.45, 2.75) is 0 Å². The highest BCUT2D eigenvalue weighted by atomic mass is 16.5. The maximum atomic E-state index is 11.7. The van der Waals surface area contributed by atoms with E-state index in [2.05, 4.69) is 5.32 Å². The monoisotopic (exact) mass is 248 g/mol. The van der Waals surface area contributed by atoms with Crippen LogP contribution in [0, 0.1) is 11.3 Å². The average molecular weight is 248 g/mol. The number of hydrogen-bond donors (Lipinski definition) is 1. The molecular formula is C13H16N2O3. The Labute approximate surface area is 106 Å². The first-order valence-corrected chi connectivity index (χ1v) is 5.63. The van der Waals surface area contributed by atoms with Crippen LogP contribution < -0.4 is 5.32 Å². The highest BCUT2D eigenvalue weighted by molar-refractivity contribution is 5.94. The van der Waals surface area contributed by atoms with E-state index in [9.17, 15) is 4.79 Å². The van der Waals surface area contributed by atoms with Gasteiger partial charge in [-0.05, 0) is 24.3 Å². The lowest BCUT2D eigenvalue weighted by atomic mass is 10.1. The van der Waals surface area contributed by atoms with Crippen molar-refractivity contribution in [3.63, 3.8) is 0 Å². The number of carbonyl (C=O) groups excluding carboxylic acids is 1. The molecule has 0 spiro atoms. The van der Waals surface area contributed by atoms with Crippen LogP contribution in [0.4, 0.5) is 0 Å². The van der Waals surface area contributed by atoms with Crippen molar-refractivity contribution in [3.8, 4) is 6.07 Å². The number of ether oxygens (including phenoxy) is 2. The van der Waals surface area contributed by atoms with E-state index < -0.39 is 0 Å². The van der Waals surface area contributed by atoms with Gasteiger partial charge in [-0.2, -0.15) is 5.26 Å². The topological polar surface area (TPSA) is 71.3 Å². The Balaban J connectivity index is 2.26. The normalized spacial score (nSPS) is 9.78. The second kappa shape index (κ2) is 8.23. The minimum atomic E-state index is -0.171. The fourth-order valence-electron chi connectivity index (χ4n) is 1.28. The first-order chi connectivity index (χ1) is 8.77. The molecule has 0 aromatic heterocycles. The SMILES string of the molecule is COCCOCCNC(=O)c1ccc(C#N)cc1. The zero-order chi connectivity index (χ0) is 13.2. The van der Waals surface area contributed by atoms with Crippen LogP contribution in [0.15, 0.2) is 24.3 Å². The summed E-state index contributed by atoms with van der Waals surface area (Å²) in [5, 5.41) is 11.4. The first kappa shape index (κ1) is 14.2. The summed E-state index contributed by atoms with van der Waals surface area (Å²) < 4.78 is 10.0. The van der Waals surface area contributed by atoms with E-state index in [-0.39, 0.29) is 5.91 Å². The van der Waals surface area contributed by atoms with Gasteiger partial charge < -0.3 is 14.8 Å². The number of benzene rings is 1. The van der Waals surface area contributed by atoms with Crippen molar-refractivity contribution in [1.82, 2.24) is 5.32 Å². The Hall–Kier alpha value is -1.90. The molecule has 0 aliphatic carbocycles. The Morgan fingerprint density at radius 2 is 2.00 bits per heavy atom. The molecule has 0 fully saturated rings. The highest BCUT2D eigenvalue weighted by Gasteiger charge is 2.04. The van der Waals surface area contributed by atoms with Crippen LogP contribution in [0.5, 0.6) is 0 Å². The van der Waals surface area contributed by atoms with Gasteiger partial charge in [0.1, 0.15) is 0 Å². The van der Waals surface area contributed by atoms with Gasteiger partial charge in [0.05, 0.1) is 31.5 Å². The molecule has 1 amide bonds. The number of nitriles is 1. The summed E-state index contributed by atoms with van der Waals surface area (Å²) >= 11 is 0. The van der Waals surface area contributed by atoms with Crippen LogP contribution in [-0.4, -0.2) is 39.4 Å². The summed E-state index contributed by atoms with van der Waals surface area (Å²) in [4.78, 5) is 11.7. The van der Waals surface area contributed by atoms with Crippen LogP contribution >= 0.6 is 0 Å². The molecule has 5 heteroatoms. The third-order valence-electron chi connectivity index (χ3n) is 2.24. The summed E-state index contributed by atoms with van der Waals surface area (Å²) in [5.41, 5.74) is 1.07. The minimum absolute atomic E-state index is 0.171. The molecule has 0 saturated carbocycles. The molecule has 0 atom stereocenters. The smallest absolute Gasteiger partial charge is 0.251 e. The predicted octanol–water partition coefficient (Wildman–Crippen LogP) is 0.951. The van der Waals surface area contributed by atoms with Crippen LogP contribution in [0.1, 0.15) is 15.9 Å². The molecule has 0 heterocycles. The number of amides is 1. The number of hydrogen-bond acceptors (Lipinski definition) is 4. The average Bonchev–Trinajstić information content (AvgIpc) is 2.42. The van der Waals surface area contributed by atoms with E-state index in [1.807, 2.05) is 6.07 Å². The van der Waals surface area contributed by atoms with Gasteiger partial charge in [0, 0.05) is 19.2 Å². The van der Waals surface area contributed by atoms with E-state index in [0.29, 0.717) is 37.5 Å². The van der Waals surface area contributed by atoms with Gasteiger partial charge in [-0.25, -0.2) is 0 Å².